The molecule has 0 N–H and O–H groups in total. The van der Waals surface area contributed by atoms with Crippen molar-refractivity contribution >= 4 is 23.3 Å². The lowest BCUT2D eigenvalue weighted by molar-refractivity contribution is 0.0539. The van der Waals surface area contributed by atoms with Gasteiger partial charge in [0.1, 0.15) is 17.1 Å². The van der Waals surface area contributed by atoms with Crippen molar-refractivity contribution in [3.8, 4) is 11.1 Å². The van der Waals surface area contributed by atoms with Crippen LogP contribution in [-0.2, 0) is 4.74 Å². The van der Waals surface area contributed by atoms with E-state index in [0.29, 0.717) is 22.8 Å². The highest BCUT2D eigenvalue weighted by molar-refractivity contribution is 6.09. The zero-order chi connectivity index (χ0) is 18.2. The van der Waals surface area contributed by atoms with Crippen LogP contribution in [0.2, 0.25) is 0 Å². The van der Waals surface area contributed by atoms with Crippen LogP contribution in [0, 0.1) is 5.82 Å². The topological polar surface area (TPSA) is 48.3 Å². The van der Waals surface area contributed by atoms with Crippen LogP contribution in [-0.4, -0.2) is 22.5 Å². The van der Waals surface area contributed by atoms with Crippen molar-refractivity contribution in [2.24, 2.45) is 0 Å². The molecule has 4 nitrogen and oxygen atoms in total. The summed E-state index contributed by atoms with van der Waals surface area (Å²) in [7, 11) is 0. The fraction of sp³-hybridized carbons (Fsp3) is 0.200. The van der Waals surface area contributed by atoms with E-state index in [1.165, 1.54) is 10.6 Å². The van der Waals surface area contributed by atoms with Gasteiger partial charge in [0.2, 0.25) is 0 Å². The van der Waals surface area contributed by atoms with Crippen LogP contribution >= 0.6 is 0 Å². The van der Waals surface area contributed by atoms with Gasteiger partial charge in [0.15, 0.2) is 6.29 Å². The molecule has 0 atom stereocenters. The Hall–Kier alpha value is -2.95. The van der Waals surface area contributed by atoms with Crippen LogP contribution < -0.4 is 0 Å². The highest BCUT2D eigenvalue weighted by Crippen LogP contribution is 2.36. The van der Waals surface area contributed by atoms with E-state index < -0.39 is 17.5 Å². The second kappa shape index (κ2) is 6.16. The Balaban J connectivity index is 2.35. The van der Waals surface area contributed by atoms with E-state index in [2.05, 4.69) is 0 Å². The molecular weight excluding hydrogens is 321 g/mol. The van der Waals surface area contributed by atoms with Crippen molar-refractivity contribution in [2.45, 2.75) is 26.4 Å². The molecule has 5 heteroatoms. The van der Waals surface area contributed by atoms with Gasteiger partial charge in [-0.2, -0.15) is 0 Å². The molecule has 0 amide bonds. The largest absolute Gasteiger partial charge is 0.443 e. The molecule has 0 aliphatic rings. The fourth-order valence-electron chi connectivity index (χ4n) is 2.82. The van der Waals surface area contributed by atoms with Gasteiger partial charge in [0.05, 0.1) is 5.52 Å². The van der Waals surface area contributed by atoms with Gasteiger partial charge in [0, 0.05) is 16.5 Å². The van der Waals surface area contributed by atoms with Crippen LogP contribution in [0.25, 0.3) is 22.0 Å². The summed E-state index contributed by atoms with van der Waals surface area (Å²) < 4.78 is 21.0. The average Bonchev–Trinajstić information content (AvgIpc) is 2.88. The number of nitrogens with zero attached hydrogens (tertiary/aromatic N) is 1. The maximum absolute atomic E-state index is 14.4. The summed E-state index contributed by atoms with van der Waals surface area (Å²) in [4.78, 5) is 24.5. The smallest absolute Gasteiger partial charge is 0.419 e. The maximum atomic E-state index is 14.4. The lowest BCUT2D eigenvalue weighted by atomic mass is 10.0. The monoisotopic (exact) mass is 339 g/mol. The summed E-state index contributed by atoms with van der Waals surface area (Å²) in [6.45, 7) is 5.23. The molecule has 0 aliphatic carbocycles. The first kappa shape index (κ1) is 16.9. The average molecular weight is 339 g/mol. The van der Waals surface area contributed by atoms with Crippen molar-refractivity contribution < 1.29 is 18.7 Å². The zero-order valence-corrected chi connectivity index (χ0v) is 14.2. The SMILES string of the molecule is CC(C)(C)OC(=O)n1c(C=O)c(-c2ccccc2F)c2ccccc21. The summed E-state index contributed by atoms with van der Waals surface area (Å²) in [5.41, 5.74) is 0.496. The lowest BCUT2D eigenvalue weighted by Gasteiger charge is -2.20. The van der Waals surface area contributed by atoms with Gasteiger partial charge < -0.3 is 4.74 Å². The van der Waals surface area contributed by atoms with E-state index in [4.69, 9.17) is 4.74 Å². The Morgan fingerprint density at radius 1 is 1.08 bits per heavy atom. The predicted molar refractivity (Wildman–Crippen MR) is 94.4 cm³/mol. The van der Waals surface area contributed by atoms with E-state index in [0.717, 1.165) is 0 Å². The number of fused-ring (bicyclic) bond motifs is 1. The highest BCUT2D eigenvalue weighted by Gasteiger charge is 2.26. The summed E-state index contributed by atoms with van der Waals surface area (Å²) in [6.07, 6.45) is -0.112. The van der Waals surface area contributed by atoms with Crippen molar-refractivity contribution in [1.82, 2.24) is 4.57 Å². The van der Waals surface area contributed by atoms with Gasteiger partial charge in [-0.3, -0.25) is 4.79 Å². The minimum absolute atomic E-state index is 0.0700. The first-order valence-electron chi connectivity index (χ1n) is 7.90. The zero-order valence-electron chi connectivity index (χ0n) is 14.2. The summed E-state index contributed by atoms with van der Waals surface area (Å²) >= 11 is 0. The molecular formula is C20H18FNO3. The molecule has 0 spiro atoms. The molecule has 25 heavy (non-hydrogen) atoms. The molecule has 1 heterocycles. The van der Waals surface area contributed by atoms with E-state index in [-0.39, 0.29) is 11.3 Å². The number of carbonyl (C=O) groups excluding carboxylic acids is 2. The van der Waals surface area contributed by atoms with E-state index >= 15 is 0 Å². The number of ether oxygens (including phenoxy) is 1. The van der Waals surface area contributed by atoms with Crippen molar-refractivity contribution in [3.05, 3.63) is 60.0 Å². The second-order valence-electron chi connectivity index (χ2n) is 6.69. The van der Waals surface area contributed by atoms with Crippen LogP contribution in [0.3, 0.4) is 0 Å². The number of para-hydroxylation sites is 1. The number of hydrogen-bond acceptors (Lipinski definition) is 3. The molecule has 3 aromatic rings. The first-order chi connectivity index (χ1) is 11.8. The summed E-state index contributed by atoms with van der Waals surface area (Å²) in [5.74, 6) is -0.460. The van der Waals surface area contributed by atoms with Gasteiger partial charge in [-0.05, 0) is 32.9 Å². The molecule has 0 unspecified atom stereocenters. The third kappa shape index (κ3) is 3.05. The number of carbonyl (C=O) groups is 2. The first-order valence-corrected chi connectivity index (χ1v) is 7.90. The third-order valence-electron chi connectivity index (χ3n) is 3.74. The van der Waals surface area contributed by atoms with Crippen LogP contribution in [0.5, 0.6) is 0 Å². The summed E-state index contributed by atoms with van der Waals surface area (Å²) in [6, 6.07) is 13.2. The van der Waals surface area contributed by atoms with E-state index in [1.54, 1.807) is 63.2 Å². The summed E-state index contributed by atoms with van der Waals surface area (Å²) in [5, 5.41) is 0.612. The van der Waals surface area contributed by atoms with E-state index in [1.807, 2.05) is 0 Å². The molecule has 0 saturated heterocycles. The van der Waals surface area contributed by atoms with Crippen molar-refractivity contribution in [2.75, 3.05) is 0 Å². The molecule has 0 bridgehead atoms. The number of aromatic nitrogens is 1. The number of benzene rings is 2. The minimum atomic E-state index is -0.721. The molecule has 0 aliphatic heterocycles. The maximum Gasteiger partial charge on any atom is 0.419 e. The van der Waals surface area contributed by atoms with Crippen LogP contribution in [0.1, 0.15) is 31.3 Å². The van der Waals surface area contributed by atoms with Gasteiger partial charge in [-0.15, -0.1) is 0 Å². The third-order valence-corrected chi connectivity index (χ3v) is 3.74. The van der Waals surface area contributed by atoms with Crippen molar-refractivity contribution in [1.29, 1.82) is 0 Å². The Kier molecular flexibility index (Phi) is 4.17. The number of hydrogen-bond donors (Lipinski definition) is 0. The molecule has 1 aromatic heterocycles. The minimum Gasteiger partial charge on any atom is -0.443 e. The molecule has 128 valence electrons. The van der Waals surface area contributed by atoms with Gasteiger partial charge in [-0.25, -0.2) is 13.8 Å². The van der Waals surface area contributed by atoms with Crippen LogP contribution in [0.15, 0.2) is 48.5 Å². The quantitative estimate of drug-likeness (QED) is 0.614. The van der Waals surface area contributed by atoms with Crippen molar-refractivity contribution in [3.63, 3.8) is 0 Å². The van der Waals surface area contributed by atoms with E-state index in [9.17, 15) is 14.0 Å². The Labute approximate surface area is 144 Å². The molecule has 0 fully saturated rings. The Morgan fingerprint density at radius 2 is 1.72 bits per heavy atom. The van der Waals surface area contributed by atoms with Gasteiger partial charge >= 0.3 is 6.09 Å². The molecule has 0 radical (unpaired) electrons. The Bertz CT molecular complexity index is 967. The van der Waals surface area contributed by atoms with Gasteiger partial charge in [-0.1, -0.05) is 36.4 Å². The predicted octanol–water partition coefficient (Wildman–Crippen LogP) is 5.04. The highest BCUT2D eigenvalue weighted by atomic mass is 19.1. The van der Waals surface area contributed by atoms with Crippen LogP contribution in [0.4, 0.5) is 9.18 Å². The Morgan fingerprint density at radius 3 is 2.36 bits per heavy atom. The molecule has 0 saturated carbocycles. The normalized spacial score (nSPS) is 11.5. The fourth-order valence-corrected chi connectivity index (χ4v) is 2.82. The molecule has 2 aromatic carbocycles. The van der Waals surface area contributed by atoms with Gasteiger partial charge in [0.25, 0.3) is 0 Å². The standard InChI is InChI=1S/C20H18FNO3/c1-20(2,3)25-19(24)22-16-11-7-5-9-14(16)18(17(22)12-23)13-8-4-6-10-15(13)21/h4-12H,1-3H3. The lowest BCUT2D eigenvalue weighted by Crippen LogP contribution is -2.28. The second-order valence-corrected chi connectivity index (χ2v) is 6.69. The molecule has 3 rings (SSSR count). The number of halogens is 1. The number of aldehydes is 1. The number of rotatable bonds is 2.